The van der Waals surface area contributed by atoms with E-state index in [0.29, 0.717) is 11.7 Å². The van der Waals surface area contributed by atoms with E-state index >= 15 is 0 Å². The summed E-state index contributed by atoms with van der Waals surface area (Å²) in [5.41, 5.74) is 0. The Balaban J connectivity index is 2.21. The van der Waals surface area contributed by atoms with Crippen molar-refractivity contribution in [3.8, 4) is 5.75 Å². The van der Waals surface area contributed by atoms with Gasteiger partial charge in [0.25, 0.3) is 0 Å². The second-order valence-corrected chi connectivity index (χ2v) is 8.16. The largest absolute Gasteiger partial charge is 0.496 e. The quantitative estimate of drug-likeness (QED) is 0.778. The highest BCUT2D eigenvalue weighted by molar-refractivity contribution is 14.1. The fraction of sp³-hybridized carbons (Fsp3) is 0.571. The molecule has 6 heteroatoms. The van der Waals surface area contributed by atoms with Crippen LogP contribution in [-0.4, -0.2) is 21.6 Å². The molecule has 4 nitrogen and oxygen atoms in total. The predicted octanol–water partition coefficient (Wildman–Crippen LogP) is 3.16. The van der Waals surface area contributed by atoms with Gasteiger partial charge in [-0.05, 0) is 53.5 Å². The van der Waals surface area contributed by atoms with Gasteiger partial charge >= 0.3 is 0 Å². The van der Waals surface area contributed by atoms with Crippen LogP contribution in [0.4, 0.5) is 0 Å². The predicted molar refractivity (Wildman–Crippen MR) is 87.5 cm³/mol. The number of sulfonamides is 1. The molecule has 1 aromatic rings. The van der Waals surface area contributed by atoms with Gasteiger partial charge in [0.2, 0.25) is 10.0 Å². The number of methoxy groups -OCH3 is 1. The van der Waals surface area contributed by atoms with E-state index in [4.69, 9.17) is 4.74 Å². The number of rotatable bonds is 4. The average Bonchev–Trinajstić information content (AvgIpc) is 2.41. The smallest absolute Gasteiger partial charge is 0.240 e. The van der Waals surface area contributed by atoms with Gasteiger partial charge in [0, 0.05) is 12.1 Å². The molecule has 1 fully saturated rings. The summed E-state index contributed by atoms with van der Waals surface area (Å²) in [7, 11) is -1.93. The minimum absolute atomic E-state index is 0.0408. The molecule has 20 heavy (non-hydrogen) atoms. The Bertz CT molecular complexity index is 574. The molecule has 0 spiro atoms. The first-order valence-electron chi connectivity index (χ1n) is 6.80. The molecule has 1 aliphatic rings. The van der Waals surface area contributed by atoms with E-state index in [-0.39, 0.29) is 10.9 Å². The highest BCUT2D eigenvalue weighted by atomic mass is 127. The number of nitrogens with one attached hydrogen (secondary N) is 1. The van der Waals surface area contributed by atoms with Crippen molar-refractivity contribution in [1.29, 1.82) is 0 Å². The summed E-state index contributed by atoms with van der Waals surface area (Å²) in [6, 6.07) is 5.01. The van der Waals surface area contributed by atoms with Crippen LogP contribution in [0.5, 0.6) is 5.75 Å². The van der Waals surface area contributed by atoms with Crippen molar-refractivity contribution < 1.29 is 13.2 Å². The van der Waals surface area contributed by atoms with Crippen LogP contribution in [0.3, 0.4) is 0 Å². The molecule has 1 aliphatic carbocycles. The highest BCUT2D eigenvalue weighted by Crippen LogP contribution is 2.27. The zero-order chi connectivity index (χ0) is 14.8. The van der Waals surface area contributed by atoms with E-state index < -0.39 is 10.0 Å². The lowest BCUT2D eigenvalue weighted by molar-refractivity contribution is 0.310. The maximum atomic E-state index is 12.5. The molecule has 2 rings (SSSR count). The summed E-state index contributed by atoms with van der Waals surface area (Å²) < 4.78 is 33.8. The molecule has 0 radical (unpaired) electrons. The van der Waals surface area contributed by atoms with Crippen LogP contribution in [0.25, 0.3) is 0 Å². The first-order valence-corrected chi connectivity index (χ1v) is 9.36. The molecule has 1 aromatic carbocycles. The zero-order valence-corrected chi connectivity index (χ0v) is 14.7. The van der Waals surface area contributed by atoms with E-state index in [1.165, 1.54) is 6.42 Å². The van der Waals surface area contributed by atoms with Crippen LogP contribution in [0.15, 0.2) is 23.1 Å². The van der Waals surface area contributed by atoms with Gasteiger partial charge in [0.1, 0.15) is 5.75 Å². The topological polar surface area (TPSA) is 55.4 Å². The van der Waals surface area contributed by atoms with Crippen molar-refractivity contribution in [2.75, 3.05) is 7.11 Å². The molecule has 0 unspecified atom stereocenters. The van der Waals surface area contributed by atoms with E-state index in [2.05, 4.69) is 34.2 Å². The lowest BCUT2D eigenvalue weighted by Gasteiger charge is -2.29. The SMILES string of the molecule is COc1cc(S(=O)(=O)N[C@H]2CCCC[C@@H]2C)ccc1I. The number of ether oxygens (including phenoxy) is 1. The number of halogens is 1. The lowest BCUT2D eigenvalue weighted by atomic mass is 9.87. The number of hydrogen-bond donors (Lipinski definition) is 1. The minimum atomic E-state index is -3.48. The third-order valence-electron chi connectivity index (χ3n) is 3.85. The second kappa shape index (κ2) is 6.62. The third-order valence-corrected chi connectivity index (χ3v) is 6.23. The third kappa shape index (κ3) is 3.65. The first-order chi connectivity index (χ1) is 9.44. The van der Waals surface area contributed by atoms with Crippen molar-refractivity contribution >= 4 is 32.6 Å². The Morgan fingerprint density at radius 3 is 2.65 bits per heavy atom. The van der Waals surface area contributed by atoms with Gasteiger partial charge in [-0.3, -0.25) is 0 Å². The molecule has 1 saturated carbocycles. The van der Waals surface area contributed by atoms with Crippen molar-refractivity contribution in [1.82, 2.24) is 4.72 Å². The summed E-state index contributed by atoms with van der Waals surface area (Å²) >= 11 is 2.12. The standard InChI is InChI=1S/C14H20INO3S/c1-10-5-3-4-6-13(10)16-20(17,18)11-7-8-12(15)14(9-11)19-2/h7-10,13,16H,3-6H2,1-2H3/t10-,13-/m0/s1. The van der Waals surface area contributed by atoms with Crippen molar-refractivity contribution in [3.63, 3.8) is 0 Å². The Kier molecular flexibility index (Phi) is 5.30. The number of hydrogen-bond acceptors (Lipinski definition) is 3. The molecule has 0 aromatic heterocycles. The molecular weight excluding hydrogens is 389 g/mol. The Labute approximate surface area is 134 Å². The molecule has 0 aliphatic heterocycles. The molecule has 0 amide bonds. The molecule has 1 N–H and O–H groups in total. The Hall–Kier alpha value is -0.340. The van der Waals surface area contributed by atoms with Gasteiger partial charge in [-0.1, -0.05) is 19.8 Å². The van der Waals surface area contributed by atoms with E-state index in [9.17, 15) is 8.42 Å². The molecule has 0 saturated heterocycles. The van der Waals surface area contributed by atoms with Gasteiger partial charge in [-0.2, -0.15) is 0 Å². The van der Waals surface area contributed by atoms with Crippen LogP contribution in [0.2, 0.25) is 0 Å². The summed E-state index contributed by atoms with van der Waals surface area (Å²) in [5.74, 6) is 0.981. The van der Waals surface area contributed by atoms with Crippen molar-refractivity contribution in [3.05, 3.63) is 21.8 Å². The average molecular weight is 409 g/mol. The first kappa shape index (κ1) is 16.0. The van der Waals surface area contributed by atoms with Gasteiger partial charge in [0.15, 0.2) is 0 Å². The van der Waals surface area contributed by atoms with E-state index in [0.717, 1.165) is 22.8 Å². The van der Waals surface area contributed by atoms with Gasteiger partial charge in [-0.15, -0.1) is 0 Å². The van der Waals surface area contributed by atoms with Crippen LogP contribution in [0, 0.1) is 9.49 Å². The second-order valence-electron chi connectivity index (χ2n) is 5.29. The van der Waals surface area contributed by atoms with Gasteiger partial charge in [0.05, 0.1) is 15.6 Å². The summed E-state index contributed by atoms with van der Waals surface area (Å²) in [6.07, 6.45) is 4.29. The van der Waals surface area contributed by atoms with E-state index in [1.54, 1.807) is 25.3 Å². The fourth-order valence-electron chi connectivity index (χ4n) is 2.57. The molecule has 0 bridgehead atoms. The maximum Gasteiger partial charge on any atom is 0.240 e. The zero-order valence-electron chi connectivity index (χ0n) is 11.7. The van der Waals surface area contributed by atoms with Crippen LogP contribution in [0.1, 0.15) is 32.6 Å². The molecule has 0 heterocycles. The van der Waals surface area contributed by atoms with Gasteiger partial charge in [-0.25, -0.2) is 13.1 Å². The van der Waals surface area contributed by atoms with E-state index in [1.807, 2.05) is 0 Å². The monoisotopic (exact) mass is 409 g/mol. The van der Waals surface area contributed by atoms with Gasteiger partial charge < -0.3 is 4.74 Å². The van der Waals surface area contributed by atoms with Crippen LogP contribution in [-0.2, 0) is 10.0 Å². The molecular formula is C14H20INO3S. The minimum Gasteiger partial charge on any atom is -0.496 e. The lowest BCUT2D eigenvalue weighted by Crippen LogP contribution is -2.40. The normalized spacial score (nSPS) is 23.6. The summed E-state index contributed by atoms with van der Waals surface area (Å²) in [4.78, 5) is 0.271. The maximum absolute atomic E-state index is 12.5. The molecule has 112 valence electrons. The van der Waals surface area contributed by atoms with Crippen molar-refractivity contribution in [2.24, 2.45) is 5.92 Å². The molecule has 2 atom stereocenters. The fourth-order valence-corrected chi connectivity index (χ4v) is 4.52. The Morgan fingerprint density at radius 1 is 1.30 bits per heavy atom. The van der Waals surface area contributed by atoms with Crippen LogP contribution >= 0.6 is 22.6 Å². The van der Waals surface area contributed by atoms with Crippen LogP contribution < -0.4 is 9.46 Å². The summed E-state index contributed by atoms with van der Waals surface area (Å²) in [5, 5.41) is 0. The summed E-state index contributed by atoms with van der Waals surface area (Å²) in [6.45, 7) is 2.11. The Morgan fingerprint density at radius 2 is 2.00 bits per heavy atom. The number of benzene rings is 1. The van der Waals surface area contributed by atoms with Crippen molar-refractivity contribution in [2.45, 2.75) is 43.5 Å². The highest BCUT2D eigenvalue weighted by Gasteiger charge is 2.27.